The third-order valence-corrected chi connectivity index (χ3v) is 8.02. The quantitative estimate of drug-likeness (QED) is 0.155. The lowest BCUT2D eigenvalue weighted by Crippen LogP contribution is -2.41. The summed E-state index contributed by atoms with van der Waals surface area (Å²) in [6.45, 7) is 9.63. The highest BCUT2D eigenvalue weighted by Crippen LogP contribution is 2.39. The number of phenolic OH excluding ortho intramolecular Hbond substituents is 1. The standard InChI is InChI=1S/C37H47FN2O6/c1-5-9-29-32(16-12-27-13-17-33(46-35(27)29)37(43)40-19-7-18-39-36(42)24(3)4)44-20-8-21-45-34-23-31(41)30(22-25(34)6-2)26-10-14-28(38)15-11-26/h10-12,14-16,22-24,33,41H,5-9,13,17-21H2,1-4H3,(H,39,42)(H,40,43). The summed E-state index contributed by atoms with van der Waals surface area (Å²) in [5.41, 5.74) is 4.38. The third kappa shape index (κ3) is 9.14. The molecule has 2 amide bonds. The van der Waals surface area contributed by atoms with Gasteiger partial charge in [0.05, 0.1) is 13.2 Å². The largest absolute Gasteiger partial charge is 0.507 e. The van der Waals surface area contributed by atoms with Crippen LogP contribution in [0.5, 0.6) is 23.0 Å². The highest BCUT2D eigenvalue weighted by atomic mass is 19.1. The molecule has 1 heterocycles. The van der Waals surface area contributed by atoms with E-state index in [1.165, 1.54) is 12.1 Å². The van der Waals surface area contributed by atoms with Gasteiger partial charge in [-0.2, -0.15) is 0 Å². The van der Waals surface area contributed by atoms with Gasteiger partial charge in [-0.1, -0.05) is 52.3 Å². The Kier molecular flexibility index (Phi) is 12.7. The molecule has 1 aliphatic rings. The van der Waals surface area contributed by atoms with Crippen molar-refractivity contribution in [1.82, 2.24) is 10.6 Å². The van der Waals surface area contributed by atoms with Gasteiger partial charge in [0, 0.05) is 42.6 Å². The zero-order valence-electron chi connectivity index (χ0n) is 27.4. The molecule has 248 valence electrons. The van der Waals surface area contributed by atoms with E-state index in [-0.39, 0.29) is 29.3 Å². The third-order valence-electron chi connectivity index (χ3n) is 8.02. The van der Waals surface area contributed by atoms with Gasteiger partial charge in [0.25, 0.3) is 5.91 Å². The number of hydrogen-bond donors (Lipinski definition) is 3. The number of benzene rings is 3. The predicted octanol–water partition coefficient (Wildman–Crippen LogP) is 6.53. The molecular formula is C37H47FN2O6. The maximum Gasteiger partial charge on any atom is 0.261 e. The fraction of sp³-hybridized carbons (Fsp3) is 0.459. The zero-order valence-corrected chi connectivity index (χ0v) is 27.4. The summed E-state index contributed by atoms with van der Waals surface area (Å²) < 4.78 is 31.9. The van der Waals surface area contributed by atoms with E-state index in [4.69, 9.17) is 14.2 Å². The van der Waals surface area contributed by atoms with Crippen molar-refractivity contribution in [2.24, 2.45) is 5.92 Å². The normalized spacial score (nSPS) is 13.9. The van der Waals surface area contributed by atoms with E-state index in [2.05, 4.69) is 17.6 Å². The van der Waals surface area contributed by atoms with Crippen molar-refractivity contribution in [2.75, 3.05) is 26.3 Å². The molecule has 0 spiro atoms. The van der Waals surface area contributed by atoms with Crippen molar-refractivity contribution < 1.29 is 33.3 Å². The van der Waals surface area contributed by atoms with Crippen LogP contribution in [0.2, 0.25) is 0 Å². The van der Waals surface area contributed by atoms with Crippen LogP contribution in [-0.2, 0) is 28.9 Å². The fourth-order valence-corrected chi connectivity index (χ4v) is 5.43. The molecule has 0 saturated carbocycles. The van der Waals surface area contributed by atoms with Crippen LogP contribution >= 0.6 is 0 Å². The summed E-state index contributed by atoms with van der Waals surface area (Å²) in [5, 5.41) is 16.5. The van der Waals surface area contributed by atoms with Gasteiger partial charge in [0.2, 0.25) is 5.91 Å². The molecule has 0 bridgehead atoms. The fourth-order valence-electron chi connectivity index (χ4n) is 5.43. The van der Waals surface area contributed by atoms with Crippen LogP contribution in [0.15, 0.2) is 48.5 Å². The number of ether oxygens (including phenoxy) is 3. The molecule has 4 rings (SSSR count). The smallest absolute Gasteiger partial charge is 0.261 e. The SMILES string of the molecule is CCCc1c(OCCCOc2cc(O)c(-c3ccc(F)cc3)cc2CC)ccc2c1OC(C(=O)NCCCNC(=O)C(C)C)CC2. The first-order valence-electron chi connectivity index (χ1n) is 16.5. The van der Waals surface area contributed by atoms with E-state index in [1.54, 1.807) is 18.2 Å². The zero-order chi connectivity index (χ0) is 33.1. The number of nitrogens with one attached hydrogen (secondary N) is 2. The molecule has 3 aromatic rings. The molecule has 46 heavy (non-hydrogen) atoms. The molecule has 3 N–H and O–H groups in total. The van der Waals surface area contributed by atoms with E-state index in [0.29, 0.717) is 63.3 Å². The van der Waals surface area contributed by atoms with Gasteiger partial charge in [-0.3, -0.25) is 9.59 Å². The van der Waals surface area contributed by atoms with Gasteiger partial charge in [-0.15, -0.1) is 0 Å². The number of aromatic hydroxyl groups is 1. The lowest BCUT2D eigenvalue weighted by molar-refractivity contribution is -0.128. The maximum atomic E-state index is 13.4. The van der Waals surface area contributed by atoms with Crippen LogP contribution in [0.25, 0.3) is 11.1 Å². The summed E-state index contributed by atoms with van der Waals surface area (Å²) in [6.07, 6.45) is 4.42. The average molecular weight is 635 g/mol. The Morgan fingerprint density at radius 1 is 0.978 bits per heavy atom. The number of aryl methyl sites for hydroxylation is 2. The van der Waals surface area contributed by atoms with Crippen molar-refractivity contribution in [3.8, 4) is 34.1 Å². The Hall–Kier alpha value is -4.27. The van der Waals surface area contributed by atoms with Gasteiger partial charge in [-0.25, -0.2) is 4.39 Å². The number of amides is 2. The van der Waals surface area contributed by atoms with Crippen molar-refractivity contribution in [3.63, 3.8) is 0 Å². The van der Waals surface area contributed by atoms with Crippen molar-refractivity contribution in [2.45, 2.75) is 78.7 Å². The monoisotopic (exact) mass is 634 g/mol. The summed E-state index contributed by atoms with van der Waals surface area (Å²) in [7, 11) is 0. The number of halogens is 1. The number of hydrogen-bond acceptors (Lipinski definition) is 6. The summed E-state index contributed by atoms with van der Waals surface area (Å²) >= 11 is 0. The van der Waals surface area contributed by atoms with E-state index in [1.807, 2.05) is 39.0 Å². The first-order chi connectivity index (χ1) is 22.2. The van der Waals surface area contributed by atoms with Crippen molar-refractivity contribution >= 4 is 11.8 Å². The Labute approximate surface area is 271 Å². The first-order valence-corrected chi connectivity index (χ1v) is 16.5. The first kappa shape index (κ1) is 34.6. The van der Waals surface area contributed by atoms with Gasteiger partial charge >= 0.3 is 0 Å². The molecule has 1 aliphatic heterocycles. The number of carbonyl (C=O) groups excluding carboxylic acids is 2. The predicted molar refractivity (Wildman–Crippen MR) is 177 cm³/mol. The molecule has 0 aromatic heterocycles. The van der Waals surface area contributed by atoms with Crippen molar-refractivity contribution in [3.05, 3.63) is 71.0 Å². The van der Waals surface area contributed by atoms with Gasteiger partial charge in [0.15, 0.2) is 6.10 Å². The maximum absolute atomic E-state index is 13.4. The van der Waals surface area contributed by atoms with Crippen LogP contribution in [0.3, 0.4) is 0 Å². The van der Waals surface area contributed by atoms with E-state index in [9.17, 15) is 19.1 Å². The molecule has 0 radical (unpaired) electrons. The minimum absolute atomic E-state index is 0.00718. The average Bonchev–Trinajstić information content (AvgIpc) is 3.05. The van der Waals surface area contributed by atoms with Crippen LogP contribution in [0, 0.1) is 11.7 Å². The Bertz CT molecular complexity index is 1470. The second kappa shape index (κ2) is 16.9. The van der Waals surface area contributed by atoms with Crippen LogP contribution in [-0.4, -0.2) is 49.3 Å². The van der Waals surface area contributed by atoms with Crippen LogP contribution < -0.4 is 24.8 Å². The summed E-state index contributed by atoms with van der Waals surface area (Å²) in [5.74, 6) is 1.67. The van der Waals surface area contributed by atoms with E-state index >= 15 is 0 Å². The van der Waals surface area contributed by atoms with Crippen molar-refractivity contribution in [1.29, 1.82) is 0 Å². The molecule has 1 unspecified atom stereocenters. The second-order valence-corrected chi connectivity index (χ2v) is 11.9. The summed E-state index contributed by atoms with van der Waals surface area (Å²) in [4.78, 5) is 24.6. The number of fused-ring (bicyclic) bond motifs is 1. The highest BCUT2D eigenvalue weighted by Gasteiger charge is 2.29. The Balaban J connectivity index is 1.30. The number of phenols is 1. The van der Waals surface area contributed by atoms with Crippen LogP contribution in [0.4, 0.5) is 4.39 Å². The van der Waals surface area contributed by atoms with Gasteiger partial charge in [0.1, 0.15) is 28.8 Å². The van der Waals surface area contributed by atoms with Gasteiger partial charge < -0.3 is 30.0 Å². The molecule has 0 fully saturated rings. The second-order valence-electron chi connectivity index (χ2n) is 11.9. The minimum atomic E-state index is -0.573. The molecule has 8 nitrogen and oxygen atoms in total. The lowest BCUT2D eigenvalue weighted by atomic mass is 9.96. The molecular weight excluding hydrogens is 587 g/mol. The molecule has 3 aromatic carbocycles. The lowest BCUT2D eigenvalue weighted by Gasteiger charge is -2.28. The van der Waals surface area contributed by atoms with E-state index < -0.39 is 6.10 Å². The molecule has 0 saturated heterocycles. The molecule has 0 aliphatic carbocycles. The Morgan fingerprint density at radius 3 is 2.39 bits per heavy atom. The number of rotatable bonds is 16. The van der Waals surface area contributed by atoms with Crippen LogP contribution in [0.1, 0.15) is 70.1 Å². The summed E-state index contributed by atoms with van der Waals surface area (Å²) in [6, 6.07) is 13.6. The minimum Gasteiger partial charge on any atom is -0.507 e. The highest BCUT2D eigenvalue weighted by molar-refractivity contribution is 5.81. The van der Waals surface area contributed by atoms with Gasteiger partial charge in [-0.05, 0) is 73.1 Å². The Morgan fingerprint density at radius 2 is 1.70 bits per heavy atom. The topological polar surface area (TPSA) is 106 Å². The molecule has 9 heteroatoms. The number of carbonyl (C=O) groups is 2. The molecule has 1 atom stereocenters. The van der Waals surface area contributed by atoms with E-state index in [0.717, 1.165) is 53.0 Å².